The fourth-order valence-electron chi connectivity index (χ4n) is 2.11. The minimum atomic E-state index is 0.357. The molecule has 112 valence electrons. The molecule has 0 bridgehead atoms. The lowest BCUT2D eigenvalue weighted by Gasteiger charge is -2.13. The first-order valence-electron chi connectivity index (χ1n) is 7.00. The van der Waals surface area contributed by atoms with E-state index in [1.807, 2.05) is 6.07 Å². The van der Waals surface area contributed by atoms with E-state index < -0.39 is 0 Å². The normalized spacial score (nSPS) is 12.1. The highest BCUT2D eigenvalue weighted by Crippen LogP contribution is 2.19. The summed E-state index contributed by atoms with van der Waals surface area (Å²) in [5, 5.41) is 3.72. The maximum absolute atomic E-state index is 5.98. The van der Waals surface area contributed by atoms with Gasteiger partial charge in [-0.05, 0) is 17.9 Å². The van der Waals surface area contributed by atoms with Crippen LogP contribution in [0.3, 0.4) is 0 Å². The summed E-state index contributed by atoms with van der Waals surface area (Å²) in [7, 11) is 1.61. The lowest BCUT2D eigenvalue weighted by atomic mass is 9.98. The number of nitrogens with zero attached hydrogens (tertiary/aromatic N) is 2. The molecule has 0 radical (unpaired) electrons. The van der Waals surface area contributed by atoms with Crippen LogP contribution in [0, 0.1) is 0 Å². The minimum absolute atomic E-state index is 0.357. The van der Waals surface area contributed by atoms with Crippen molar-refractivity contribution in [2.24, 2.45) is 0 Å². The van der Waals surface area contributed by atoms with Gasteiger partial charge in [0.2, 0.25) is 0 Å². The van der Waals surface area contributed by atoms with Crippen LogP contribution in [0.2, 0.25) is 5.15 Å². The second-order valence-corrected chi connectivity index (χ2v) is 5.34. The molecular weight excluding hydrogens is 286 g/mol. The van der Waals surface area contributed by atoms with Crippen molar-refractivity contribution in [3.8, 4) is 0 Å². The van der Waals surface area contributed by atoms with Crippen LogP contribution in [0.15, 0.2) is 36.4 Å². The molecule has 2 rings (SSSR count). The summed E-state index contributed by atoms with van der Waals surface area (Å²) in [6.07, 6.45) is 1.02. The van der Waals surface area contributed by atoms with Crippen LogP contribution in [0.5, 0.6) is 0 Å². The lowest BCUT2D eigenvalue weighted by Crippen LogP contribution is -2.09. The van der Waals surface area contributed by atoms with E-state index in [9.17, 15) is 0 Å². The average molecular weight is 306 g/mol. The molecule has 0 spiro atoms. The SMILES string of the molecule is COCc1nc(Cl)cc(NCCC(C)c2ccccc2)n1. The number of rotatable bonds is 7. The molecule has 0 aliphatic rings. The molecule has 1 heterocycles. The summed E-state index contributed by atoms with van der Waals surface area (Å²) in [6.45, 7) is 3.41. The van der Waals surface area contributed by atoms with Crippen LogP contribution in [0.1, 0.15) is 30.7 Å². The highest BCUT2D eigenvalue weighted by atomic mass is 35.5. The Kier molecular flexibility index (Phi) is 5.96. The number of nitrogens with one attached hydrogen (secondary N) is 1. The zero-order valence-electron chi connectivity index (χ0n) is 12.3. The molecular formula is C16H20ClN3O. The zero-order valence-corrected chi connectivity index (χ0v) is 13.1. The molecule has 1 atom stereocenters. The van der Waals surface area contributed by atoms with Crippen molar-refractivity contribution < 1.29 is 4.74 Å². The second kappa shape index (κ2) is 7.96. The van der Waals surface area contributed by atoms with Crippen molar-refractivity contribution in [3.63, 3.8) is 0 Å². The quantitative estimate of drug-likeness (QED) is 0.789. The Morgan fingerprint density at radius 3 is 2.71 bits per heavy atom. The molecule has 1 N–H and O–H groups in total. The third-order valence-corrected chi connectivity index (χ3v) is 3.46. The number of methoxy groups -OCH3 is 1. The number of anilines is 1. The van der Waals surface area contributed by atoms with E-state index in [2.05, 4.69) is 46.5 Å². The fraction of sp³-hybridized carbons (Fsp3) is 0.375. The molecule has 0 aliphatic carbocycles. The van der Waals surface area contributed by atoms with E-state index in [4.69, 9.17) is 16.3 Å². The number of halogens is 1. The Labute approximate surface area is 130 Å². The highest BCUT2D eigenvalue weighted by molar-refractivity contribution is 6.29. The van der Waals surface area contributed by atoms with Gasteiger partial charge in [0.05, 0.1) is 0 Å². The van der Waals surface area contributed by atoms with E-state index in [1.54, 1.807) is 13.2 Å². The van der Waals surface area contributed by atoms with Gasteiger partial charge in [0, 0.05) is 19.7 Å². The van der Waals surface area contributed by atoms with Crippen molar-refractivity contribution in [1.82, 2.24) is 9.97 Å². The van der Waals surface area contributed by atoms with Crippen molar-refractivity contribution >= 4 is 17.4 Å². The van der Waals surface area contributed by atoms with Crippen LogP contribution in [-0.2, 0) is 11.3 Å². The molecule has 21 heavy (non-hydrogen) atoms. The van der Waals surface area contributed by atoms with Crippen LogP contribution < -0.4 is 5.32 Å². The van der Waals surface area contributed by atoms with Crippen molar-refractivity contribution in [2.45, 2.75) is 25.9 Å². The Morgan fingerprint density at radius 2 is 2.00 bits per heavy atom. The molecule has 4 nitrogen and oxygen atoms in total. The smallest absolute Gasteiger partial charge is 0.158 e. The van der Waals surface area contributed by atoms with Gasteiger partial charge in [-0.1, -0.05) is 48.9 Å². The summed E-state index contributed by atoms with van der Waals surface area (Å²) in [5.41, 5.74) is 1.35. The topological polar surface area (TPSA) is 47.0 Å². The summed E-state index contributed by atoms with van der Waals surface area (Å²) >= 11 is 5.98. The molecule has 0 aliphatic heterocycles. The molecule has 0 saturated carbocycles. The van der Waals surface area contributed by atoms with E-state index >= 15 is 0 Å². The van der Waals surface area contributed by atoms with Gasteiger partial charge in [-0.3, -0.25) is 0 Å². The summed E-state index contributed by atoms with van der Waals surface area (Å²) in [4.78, 5) is 8.46. The number of hydrogen-bond acceptors (Lipinski definition) is 4. The van der Waals surface area contributed by atoms with Crippen molar-refractivity contribution in [2.75, 3.05) is 19.0 Å². The van der Waals surface area contributed by atoms with Gasteiger partial charge in [0.1, 0.15) is 17.6 Å². The van der Waals surface area contributed by atoms with Gasteiger partial charge in [-0.25, -0.2) is 9.97 Å². The maximum atomic E-state index is 5.98. The highest BCUT2D eigenvalue weighted by Gasteiger charge is 2.06. The molecule has 0 amide bonds. The largest absolute Gasteiger partial charge is 0.377 e. The second-order valence-electron chi connectivity index (χ2n) is 4.95. The third-order valence-electron chi connectivity index (χ3n) is 3.27. The predicted octanol–water partition coefficient (Wildman–Crippen LogP) is 3.88. The maximum Gasteiger partial charge on any atom is 0.158 e. The van der Waals surface area contributed by atoms with Gasteiger partial charge in [-0.2, -0.15) is 0 Å². The third kappa shape index (κ3) is 4.99. The van der Waals surface area contributed by atoms with E-state index in [0.717, 1.165) is 18.8 Å². The molecule has 2 aromatic rings. The first kappa shape index (κ1) is 15.7. The molecule has 0 saturated heterocycles. The van der Waals surface area contributed by atoms with Crippen molar-refractivity contribution in [3.05, 3.63) is 52.9 Å². The number of ether oxygens (including phenoxy) is 1. The van der Waals surface area contributed by atoms with Crippen LogP contribution >= 0.6 is 11.6 Å². The van der Waals surface area contributed by atoms with E-state index in [0.29, 0.717) is 23.5 Å². The Bertz CT molecular complexity index is 563. The van der Waals surface area contributed by atoms with Crippen molar-refractivity contribution in [1.29, 1.82) is 0 Å². The zero-order chi connectivity index (χ0) is 15.1. The standard InChI is InChI=1S/C16H20ClN3O/c1-12(13-6-4-3-5-7-13)8-9-18-15-10-14(17)19-16(20-15)11-21-2/h3-7,10,12H,8-9,11H2,1-2H3,(H,18,19,20). The van der Waals surface area contributed by atoms with Gasteiger partial charge < -0.3 is 10.1 Å². The van der Waals surface area contributed by atoms with Gasteiger partial charge in [-0.15, -0.1) is 0 Å². The average Bonchev–Trinajstić information content (AvgIpc) is 2.48. The first-order valence-corrected chi connectivity index (χ1v) is 7.38. The summed E-state index contributed by atoms with van der Waals surface area (Å²) < 4.78 is 5.03. The van der Waals surface area contributed by atoms with Crippen LogP contribution in [-0.4, -0.2) is 23.6 Å². The van der Waals surface area contributed by atoms with Gasteiger partial charge in [0.15, 0.2) is 5.82 Å². The predicted molar refractivity (Wildman–Crippen MR) is 85.7 cm³/mol. The Hall–Kier alpha value is -1.65. The molecule has 1 aromatic carbocycles. The minimum Gasteiger partial charge on any atom is -0.377 e. The molecule has 0 fully saturated rings. The molecule has 1 aromatic heterocycles. The monoisotopic (exact) mass is 305 g/mol. The first-order chi connectivity index (χ1) is 10.2. The summed E-state index contributed by atoms with van der Waals surface area (Å²) in [5.74, 6) is 1.82. The van der Waals surface area contributed by atoms with Gasteiger partial charge >= 0.3 is 0 Å². The Morgan fingerprint density at radius 1 is 1.24 bits per heavy atom. The fourth-order valence-corrected chi connectivity index (χ4v) is 2.31. The number of aromatic nitrogens is 2. The van der Waals surface area contributed by atoms with E-state index in [1.165, 1.54) is 5.56 Å². The number of hydrogen-bond donors (Lipinski definition) is 1. The molecule has 5 heteroatoms. The van der Waals surface area contributed by atoms with E-state index in [-0.39, 0.29) is 0 Å². The summed E-state index contributed by atoms with van der Waals surface area (Å²) in [6, 6.07) is 12.2. The lowest BCUT2D eigenvalue weighted by molar-refractivity contribution is 0.178. The Balaban J connectivity index is 1.88. The van der Waals surface area contributed by atoms with Crippen LogP contribution in [0.4, 0.5) is 5.82 Å². The van der Waals surface area contributed by atoms with Gasteiger partial charge in [0.25, 0.3) is 0 Å². The van der Waals surface area contributed by atoms with Crippen LogP contribution in [0.25, 0.3) is 0 Å². The molecule has 1 unspecified atom stereocenters. The number of benzene rings is 1.